The normalized spacial score (nSPS) is 14.4. The second-order valence-electron chi connectivity index (χ2n) is 4.71. The van der Waals surface area contributed by atoms with E-state index in [0.29, 0.717) is 11.2 Å². The Morgan fingerprint density at radius 1 is 1.40 bits per heavy atom. The van der Waals surface area contributed by atoms with Gasteiger partial charge in [0.1, 0.15) is 0 Å². The van der Waals surface area contributed by atoms with Crippen LogP contribution in [0.2, 0.25) is 5.02 Å². The predicted octanol–water partition coefficient (Wildman–Crippen LogP) is 2.83. The van der Waals surface area contributed by atoms with Gasteiger partial charge in [0.05, 0.1) is 0 Å². The summed E-state index contributed by atoms with van der Waals surface area (Å²) in [5, 5.41) is 4.77. The minimum atomic E-state index is -0.151. The quantitative estimate of drug-likeness (QED) is 0.834. The zero-order chi connectivity index (χ0) is 13.9. The fraction of sp³-hybridized carbons (Fsp3) is 0.286. The van der Waals surface area contributed by atoms with Crippen molar-refractivity contribution in [1.29, 1.82) is 0 Å². The van der Waals surface area contributed by atoms with Crippen LogP contribution in [0.4, 0.5) is 0 Å². The third kappa shape index (κ3) is 3.42. The van der Waals surface area contributed by atoms with E-state index >= 15 is 0 Å². The van der Waals surface area contributed by atoms with Gasteiger partial charge in [-0.15, -0.1) is 0 Å². The maximum atomic E-state index is 11.3. The molecule has 1 fully saturated rings. The average Bonchev–Trinajstić information content (AvgIpc) is 3.22. The van der Waals surface area contributed by atoms with Crippen LogP contribution in [0.5, 0.6) is 0 Å². The van der Waals surface area contributed by atoms with Gasteiger partial charge in [0, 0.05) is 34.8 Å². The molecule has 1 heterocycles. The molecule has 0 saturated heterocycles. The van der Waals surface area contributed by atoms with Gasteiger partial charge in [-0.25, -0.2) is 4.98 Å². The van der Waals surface area contributed by atoms with Crippen molar-refractivity contribution in [2.45, 2.75) is 35.5 Å². The fourth-order valence-corrected chi connectivity index (χ4v) is 3.07. The van der Waals surface area contributed by atoms with Crippen molar-refractivity contribution in [2.75, 3.05) is 0 Å². The highest BCUT2D eigenvalue weighted by Gasteiger charge is 2.21. The molecule has 0 amide bonds. The molecule has 104 valence electrons. The van der Waals surface area contributed by atoms with Crippen LogP contribution in [0.3, 0.4) is 0 Å². The Bertz CT molecular complexity index is 669. The Balaban J connectivity index is 1.83. The number of nitrogens with one attached hydrogen (secondary N) is 2. The number of hydrogen-bond acceptors (Lipinski definition) is 4. The molecule has 1 saturated carbocycles. The summed E-state index contributed by atoms with van der Waals surface area (Å²) < 4.78 is 0. The minimum absolute atomic E-state index is 0.151. The van der Waals surface area contributed by atoms with Crippen LogP contribution in [0, 0.1) is 0 Å². The number of nitrogens with zero attached hydrogens (tertiary/aromatic N) is 1. The monoisotopic (exact) mass is 307 g/mol. The first kappa shape index (κ1) is 13.7. The van der Waals surface area contributed by atoms with Crippen LogP contribution in [0.15, 0.2) is 45.3 Å². The van der Waals surface area contributed by atoms with E-state index in [9.17, 15) is 4.79 Å². The van der Waals surface area contributed by atoms with E-state index in [1.54, 1.807) is 0 Å². The fourth-order valence-electron chi connectivity index (χ4n) is 1.85. The lowest BCUT2D eigenvalue weighted by Crippen LogP contribution is -2.16. The van der Waals surface area contributed by atoms with Gasteiger partial charge in [-0.05, 0) is 30.5 Å². The molecule has 1 aliphatic rings. The smallest absolute Gasteiger partial charge is 0.251 e. The lowest BCUT2D eigenvalue weighted by atomic mass is 10.2. The number of aromatic nitrogens is 2. The Hall–Kier alpha value is -1.30. The van der Waals surface area contributed by atoms with Crippen LogP contribution in [-0.4, -0.2) is 16.0 Å². The zero-order valence-electron chi connectivity index (χ0n) is 10.7. The third-order valence-corrected chi connectivity index (χ3v) is 4.43. The third-order valence-electron chi connectivity index (χ3n) is 3.08. The molecule has 0 aliphatic heterocycles. The molecule has 2 aromatic rings. The SMILES string of the molecule is O=c1ccnc(Sc2cccc(Cl)c2CNC2CC2)[nH]1. The first-order valence-electron chi connectivity index (χ1n) is 6.46. The van der Waals surface area contributed by atoms with Crippen molar-refractivity contribution in [3.05, 3.63) is 51.4 Å². The molecule has 0 radical (unpaired) electrons. The molecular formula is C14H14ClN3OS. The topological polar surface area (TPSA) is 57.8 Å². The molecular weight excluding hydrogens is 294 g/mol. The Morgan fingerprint density at radius 3 is 3.00 bits per heavy atom. The predicted molar refractivity (Wildman–Crippen MR) is 80.3 cm³/mol. The Kier molecular flexibility index (Phi) is 4.10. The van der Waals surface area contributed by atoms with Gasteiger partial charge in [0.2, 0.25) is 0 Å². The number of hydrogen-bond donors (Lipinski definition) is 2. The molecule has 0 spiro atoms. The maximum absolute atomic E-state index is 11.3. The van der Waals surface area contributed by atoms with Gasteiger partial charge in [-0.3, -0.25) is 4.79 Å². The first-order valence-corrected chi connectivity index (χ1v) is 7.66. The lowest BCUT2D eigenvalue weighted by Gasteiger charge is -2.11. The van der Waals surface area contributed by atoms with E-state index < -0.39 is 0 Å². The molecule has 0 bridgehead atoms. The highest BCUT2D eigenvalue weighted by atomic mass is 35.5. The van der Waals surface area contributed by atoms with Crippen molar-refractivity contribution in [1.82, 2.24) is 15.3 Å². The number of benzene rings is 1. The second kappa shape index (κ2) is 5.99. The van der Waals surface area contributed by atoms with Crippen molar-refractivity contribution in [3.63, 3.8) is 0 Å². The summed E-state index contributed by atoms with van der Waals surface area (Å²) in [6, 6.07) is 7.81. The Labute approximate surface area is 126 Å². The average molecular weight is 308 g/mol. The molecule has 6 heteroatoms. The van der Waals surface area contributed by atoms with Crippen LogP contribution < -0.4 is 10.9 Å². The molecule has 1 aliphatic carbocycles. The van der Waals surface area contributed by atoms with E-state index in [4.69, 9.17) is 11.6 Å². The van der Waals surface area contributed by atoms with Gasteiger partial charge in [-0.2, -0.15) is 0 Å². The molecule has 2 N–H and O–H groups in total. The Morgan fingerprint density at radius 2 is 2.25 bits per heavy atom. The molecule has 1 aromatic heterocycles. The maximum Gasteiger partial charge on any atom is 0.251 e. The summed E-state index contributed by atoms with van der Waals surface area (Å²) in [6.07, 6.45) is 3.98. The van der Waals surface area contributed by atoms with E-state index in [-0.39, 0.29) is 5.56 Å². The van der Waals surface area contributed by atoms with Crippen LogP contribution in [0.25, 0.3) is 0 Å². The largest absolute Gasteiger partial charge is 0.310 e. The molecule has 0 unspecified atom stereocenters. The zero-order valence-corrected chi connectivity index (χ0v) is 12.3. The molecule has 1 aromatic carbocycles. The van der Waals surface area contributed by atoms with E-state index in [1.807, 2.05) is 18.2 Å². The number of rotatable bonds is 5. The minimum Gasteiger partial charge on any atom is -0.310 e. The van der Waals surface area contributed by atoms with Gasteiger partial charge in [0.15, 0.2) is 5.16 Å². The molecule has 3 rings (SSSR count). The van der Waals surface area contributed by atoms with E-state index in [2.05, 4.69) is 15.3 Å². The summed E-state index contributed by atoms with van der Waals surface area (Å²) in [6.45, 7) is 0.740. The summed E-state index contributed by atoms with van der Waals surface area (Å²) >= 11 is 7.71. The summed E-state index contributed by atoms with van der Waals surface area (Å²) in [5.41, 5.74) is 0.903. The molecule has 20 heavy (non-hydrogen) atoms. The van der Waals surface area contributed by atoms with Crippen molar-refractivity contribution in [2.24, 2.45) is 0 Å². The van der Waals surface area contributed by atoms with Crippen molar-refractivity contribution >= 4 is 23.4 Å². The number of H-pyrrole nitrogens is 1. The summed E-state index contributed by atoms with van der Waals surface area (Å²) in [5.74, 6) is 0. The van der Waals surface area contributed by atoms with Crippen LogP contribution in [-0.2, 0) is 6.54 Å². The van der Waals surface area contributed by atoms with Gasteiger partial charge in [-0.1, -0.05) is 29.4 Å². The van der Waals surface area contributed by atoms with Gasteiger partial charge < -0.3 is 10.3 Å². The summed E-state index contributed by atoms with van der Waals surface area (Å²) in [7, 11) is 0. The van der Waals surface area contributed by atoms with E-state index in [1.165, 1.54) is 36.9 Å². The standard InChI is InChI=1S/C14H14ClN3OS/c15-11-2-1-3-12(10(11)8-17-9-4-5-9)20-14-16-7-6-13(19)18-14/h1-3,6-7,9,17H,4-5,8H2,(H,16,18,19). The van der Waals surface area contributed by atoms with Crippen molar-refractivity contribution in [3.8, 4) is 0 Å². The summed E-state index contributed by atoms with van der Waals surface area (Å²) in [4.78, 5) is 19.2. The molecule has 0 atom stereocenters. The first-order chi connectivity index (χ1) is 9.72. The number of halogens is 1. The highest BCUT2D eigenvalue weighted by molar-refractivity contribution is 7.99. The number of aromatic amines is 1. The van der Waals surface area contributed by atoms with Crippen molar-refractivity contribution < 1.29 is 0 Å². The van der Waals surface area contributed by atoms with E-state index in [0.717, 1.165) is 22.0 Å². The van der Waals surface area contributed by atoms with Crippen LogP contribution >= 0.6 is 23.4 Å². The second-order valence-corrected chi connectivity index (χ2v) is 6.15. The van der Waals surface area contributed by atoms with Gasteiger partial charge >= 0.3 is 0 Å². The van der Waals surface area contributed by atoms with Crippen LogP contribution in [0.1, 0.15) is 18.4 Å². The lowest BCUT2D eigenvalue weighted by molar-refractivity contribution is 0.680. The van der Waals surface area contributed by atoms with Gasteiger partial charge in [0.25, 0.3) is 5.56 Å². The highest BCUT2D eigenvalue weighted by Crippen LogP contribution is 2.32. The molecule has 4 nitrogen and oxygen atoms in total.